The van der Waals surface area contributed by atoms with E-state index in [-0.39, 0.29) is 5.91 Å². The average Bonchev–Trinajstić information content (AvgIpc) is 3.23. The maximum atomic E-state index is 12.4. The third-order valence-corrected chi connectivity index (χ3v) is 4.97. The lowest BCUT2D eigenvalue weighted by Crippen LogP contribution is -2.30. The molecule has 1 saturated heterocycles. The summed E-state index contributed by atoms with van der Waals surface area (Å²) < 4.78 is 10.7. The lowest BCUT2D eigenvalue weighted by atomic mass is 10.2. The van der Waals surface area contributed by atoms with E-state index in [9.17, 15) is 4.79 Å². The highest BCUT2D eigenvalue weighted by Crippen LogP contribution is 2.25. The van der Waals surface area contributed by atoms with Gasteiger partial charge in [-0.2, -0.15) is 0 Å². The van der Waals surface area contributed by atoms with Gasteiger partial charge in [-0.15, -0.1) is 0 Å². The van der Waals surface area contributed by atoms with E-state index in [1.54, 1.807) is 14.2 Å². The number of hydrogen-bond acceptors (Lipinski definition) is 5. The van der Waals surface area contributed by atoms with Crippen molar-refractivity contribution in [1.82, 2.24) is 4.90 Å². The van der Waals surface area contributed by atoms with Crippen molar-refractivity contribution in [3.05, 3.63) is 48.0 Å². The van der Waals surface area contributed by atoms with Crippen LogP contribution in [0.25, 0.3) is 0 Å². The molecule has 1 fully saturated rings. The number of hydrogen-bond donors (Lipinski definition) is 1. The second-order valence-electron chi connectivity index (χ2n) is 7.14. The number of methoxy groups -OCH3 is 2. The molecule has 1 heterocycles. The van der Waals surface area contributed by atoms with Gasteiger partial charge in [-0.05, 0) is 50.2 Å². The Bertz CT molecular complexity index is 786. The highest BCUT2D eigenvalue weighted by atomic mass is 16.5. The zero-order valence-corrected chi connectivity index (χ0v) is 16.9. The number of likely N-dealkylation sites (N-methyl/N-ethyl adjacent to an activating group) is 1. The van der Waals surface area contributed by atoms with Crippen LogP contribution >= 0.6 is 0 Å². The van der Waals surface area contributed by atoms with Crippen LogP contribution in [0.2, 0.25) is 0 Å². The molecule has 0 aliphatic carbocycles. The minimum absolute atomic E-state index is 0.0381. The molecule has 0 unspecified atom stereocenters. The van der Waals surface area contributed by atoms with Crippen molar-refractivity contribution >= 4 is 17.3 Å². The molecule has 0 radical (unpaired) electrons. The topological polar surface area (TPSA) is 54.0 Å². The Morgan fingerprint density at radius 2 is 1.79 bits per heavy atom. The molecule has 1 amide bonds. The van der Waals surface area contributed by atoms with E-state index < -0.39 is 0 Å². The minimum Gasteiger partial charge on any atom is -0.497 e. The monoisotopic (exact) mass is 383 g/mol. The van der Waals surface area contributed by atoms with E-state index in [0.29, 0.717) is 13.1 Å². The largest absolute Gasteiger partial charge is 0.497 e. The predicted octanol–water partition coefficient (Wildman–Crippen LogP) is 3.37. The summed E-state index contributed by atoms with van der Waals surface area (Å²) in [5.74, 6) is 1.46. The van der Waals surface area contributed by atoms with Gasteiger partial charge >= 0.3 is 0 Å². The van der Waals surface area contributed by atoms with Crippen LogP contribution in [0.15, 0.2) is 42.5 Å². The van der Waals surface area contributed by atoms with Gasteiger partial charge in [0.15, 0.2) is 0 Å². The first-order valence-corrected chi connectivity index (χ1v) is 9.63. The Balaban J connectivity index is 1.53. The third kappa shape index (κ3) is 5.16. The number of anilines is 2. The van der Waals surface area contributed by atoms with E-state index in [0.717, 1.165) is 35.8 Å². The number of amides is 1. The van der Waals surface area contributed by atoms with Crippen molar-refractivity contribution in [3.63, 3.8) is 0 Å². The molecule has 0 atom stereocenters. The Labute approximate surface area is 167 Å². The van der Waals surface area contributed by atoms with Gasteiger partial charge in [-0.25, -0.2) is 0 Å². The van der Waals surface area contributed by atoms with E-state index >= 15 is 0 Å². The van der Waals surface area contributed by atoms with Gasteiger partial charge < -0.3 is 19.7 Å². The Morgan fingerprint density at radius 1 is 1.07 bits per heavy atom. The summed E-state index contributed by atoms with van der Waals surface area (Å²) in [6, 6.07) is 13.8. The SMILES string of the molecule is COc1ccc(CN(C)CC(=O)Nc2ccc(N3CCCC3)cc2)c(OC)c1. The maximum absolute atomic E-state index is 12.4. The maximum Gasteiger partial charge on any atom is 0.238 e. The first kappa shape index (κ1) is 20.0. The van der Waals surface area contributed by atoms with Crippen molar-refractivity contribution in [1.29, 1.82) is 0 Å². The van der Waals surface area contributed by atoms with Crippen molar-refractivity contribution in [2.75, 3.05) is 51.1 Å². The van der Waals surface area contributed by atoms with Crippen LogP contribution in [0, 0.1) is 0 Å². The number of nitrogens with one attached hydrogen (secondary N) is 1. The average molecular weight is 383 g/mol. The van der Waals surface area contributed by atoms with E-state index in [2.05, 4.69) is 22.3 Å². The van der Waals surface area contributed by atoms with Crippen molar-refractivity contribution < 1.29 is 14.3 Å². The zero-order chi connectivity index (χ0) is 19.9. The van der Waals surface area contributed by atoms with Gasteiger partial charge in [0.25, 0.3) is 0 Å². The summed E-state index contributed by atoms with van der Waals surface area (Å²) in [5, 5.41) is 2.97. The molecule has 2 aromatic carbocycles. The summed E-state index contributed by atoms with van der Waals surface area (Å²) in [7, 11) is 5.18. The summed E-state index contributed by atoms with van der Waals surface area (Å²) >= 11 is 0. The van der Waals surface area contributed by atoms with Crippen molar-refractivity contribution in [2.45, 2.75) is 19.4 Å². The molecule has 3 rings (SSSR count). The molecule has 1 aliphatic heterocycles. The molecule has 6 heteroatoms. The van der Waals surface area contributed by atoms with Crippen molar-refractivity contribution in [3.8, 4) is 11.5 Å². The molecule has 0 bridgehead atoms. The lowest BCUT2D eigenvalue weighted by Gasteiger charge is -2.19. The van der Waals surface area contributed by atoms with Crippen LogP contribution in [0.5, 0.6) is 11.5 Å². The van der Waals surface area contributed by atoms with Crippen LogP contribution in [0.3, 0.4) is 0 Å². The molecule has 28 heavy (non-hydrogen) atoms. The lowest BCUT2D eigenvalue weighted by molar-refractivity contribution is -0.117. The van der Waals surface area contributed by atoms with Gasteiger partial charge in [0.05, 0.1) is 20.8 Å². The summed E-state index contributed by atoms with van der Waals surface area (Å²) in [4.78, 5) is 16.7. The number of benzene rings is 2. The number of nitrogens with zero attached hydrogens (tertiary/aromatic N) is 2. The second-order valence-corrected chi connectivity index (χ2v) is 7.14. The van der Waals surface area contributed by atoms with Gasteiger partial charge in [0.1, 0.15) is 11.5 Å². The van der Waals surface area contributed by atoms with Crippen molar-refractivity contribution in [2.24, 2.45) is 0 Å². The minimum atomic E-state index is -0.0381. The second kappa shape index (κ2) is 9.46. The molecular formula is C22H29N3O3. The van der Waals surface area contributed by atoms with Gasteiger partial charge in [0.2, 0.25) is 5.91 Å². The molecule has 0 aromatic heterocycles. The molecule has 0 saturated carbocycles. The first-order valence-electron chi connectivity index (χ1n) is 9.63. The molecular weight excluding hydrogens is 354 g/mol. The predicted molar refractivity (Wildman–Crippen MR) is 112 cm³/mol. The Kier molecular flexibility index (Phi) is 6.76. The normalized spacial score (nSPS) is 13.6. The standard InChI is InChI=1S/C22H29N3O3/c1-24(15-17-6-11-20(27-2)14-21(17)28-3)16-22(26)23-18-7-9-19(10-8-18)25-12-4-5-13-25/h6-11,14H,4-5,12-13,15-16H2,1-3H3,(H,23,26). The fourth-order valence-corrected chi connectivity index (χ4v) is 3.51. The summed E-state index contributed by atoms with van der Waals surface area (Å²) in [5.41, 5.74) is 3.05. The molecule has 150 valence electrons. The summed E-state index contributed by atoms with van der Waals surface area (Å²) in [6.45, 7) is 3.13. The highest BCUT2D eigenvalue weighted by molar-refractivity contribution is 5.92. The van der Waals surface area contributed by atoms with Gasteiger partial charge in [-0.3, -0.25) is 9.69 Å². The summed E-state index contributed by atoms with van der Waals surface area (Å²) in [6.07, 6.45) is 2.51. The number of carbonyl (C=O) groups excluding carboxylic acids is 1. The number of ether oxygens (including phenoxy) is 2. The number of carbonyl (C=O) groups is 1. The number of rotatable bonds is 8. The zero-order valence-electron chi connectivity index (χ0n) is 16.9. The van der Waals surface area contributed by atoms with Crippen LogP contribution < -0.4 is 19.7 Å². The molecule has 1 aliphatic rings. The Hall–Kier alpha value is -2.73. The molecule has 2 aromatic rings. The van der Waals surface area contributed by atoms with Crippen LogP contribution in [0.1, 0.15) is 18.4 Å². The van der Waals surface area contributed by atoms with Gasteiger partial charge in [0, 0.05) is 42.6 Å². The Morgan fingerprint density at radius 3 is 2.43 bits per heavy atom. The fraction of sp³-hybridized carbons (Fsp3) is 0.409. The smallest absolute Gasteiger partial charge is 0.238 e. The van der Waals surface area contributed by atoms with E-state index in [1.165, 1.54) is 18.5 Å². The van der Waals surface area contributed by atoms with Crippen LogP contribution in [-0.2, 0) is 11.3 Å². The highest BCUT2D eigenvalue weighted by Gasteiger charge is 2.13. The molecule has 6 nitrogen and oxygen atoms in total. The third-order valence-electron chi connectivity index (χ3n) is 4.97. The van der Waals surface area contributed by atoms with Crippen LogP contribution in [0.4, 0.5) is 11.4 Å². The van der Waals surface area contributed by atoms with E-state index in [4.69, 9.17) is 9.47 Å². The van der Waals surface area contributed by atoms with Crippen LogP contribution in [-0.4, -0.2) is 51.7 Å². The first-order chi connectivity index (χ1) is 13.6. The fourth-order valence-electron chi connectivity index (χ4n) is 3.51. The molecule has 0 spiro atoms. The van der Waals surface area contributed by atoms with Gasteiger partial charge in [-0.1, -0.05) is 6.07 Å². The quantitative estimate of drug-likeness (QED) is 0.757. The van der Waals surface area contributed by atoms with E-state index in [1.807, 2.05) is 42.3 Å². The molecule has 1 N–H and O–H groups in total.